The number of halogens is 1. The first-order valence-electron chi connectivity index (χ1n) is 7.60. The molecule has 3 nitrogen and oxygen atoms in total. The smallest absolute Gasteiger partial charge is 0.267 e. The number of benzene rings is 1. The van der Waals surface area contributed by atoms with Gasteiger partial charge in [-0.2, -0.15) is 0 Å². The van der Waals surface area contributed by atoms with E-state index in [2.05, 4.69) is 27.8 Å². The number of aromatic nitrogens is 2. The highest BCUT2D eigenvalue weighted by Gasteiger charge is 2.23. The van der Waals surface area contributed by atoms with E-state index >= 15 is 0 Å². The van der Waals surface area contributed by atoms with Gasteiger partial charge in [0.25, 0.3) is 5.56 Å². The fourth-order valence-corrected chi connectivity index (χ4v) is 5.27. The van der Waals surface area contributed by atoms with Crippen LogP contribution in [0, 0.1) is 10.7 Å². The van der Waals surface area contributed by atoms with Crippen molar-refractivity contribution >= 4 is 49.7 Å². The predicted molar refractivity (Wildman–Crippen MR) is 101 cm³/mol. The monoisotopic (exact) mass is 406 g/mol. The van der Waals surface area contributed by atoms with E-state index in [-0.39, 0.29) is 5.56 Å². The molecule has 3 aromatic rings. The van der Waals surface area contributed by atoms with Gasteiger partial charge in [-0.15, -0.1) is 11.3 Å². The maximum absolute atomic E-state index is 13.1. The summed E-state index contributed by atoms with van der Waals surface area (Å²) in [7, 11) is 0. The average molecular weight is 407 g/mol. The van der Waals surface area contributed by atoms with Crippen molar-refractivity contribution < 1.29 is 0 Å². The van der Waals surface area contributed by atoms with Crippen LogP contribution in [-0.2, 0) is 12.8 Å². The van der Waals surface area contributed by atoms with Crippen LogP contribution in [0.3, 0.4) is 0 Å². The lowest BCUT2D eigenvalue weighted by atomic mass is 9.89. The number of hydrogen-bond acceptors (Lipinski definition) is 3. The van der Waals surface area contributed by atoms with Gasteiger partial charge in [0.05, 0.1) is 11.1 Å². The standard InChI is InChI=1S/C17H15BrN2OS2/c1-9-2-7-12-13(8-9)23-15-14(12)16(21)20(17(22)19-15)11-5-3-10(18)4-6-11/h3-6,9H,2,7-8H2,1H3,(H,19,22)/t9-/m0/s1. The molecule has 1 N–H and O–H groups in total. The van der Waals surface area contributed by atoms with Crippen LogP contribution in [0.15, 0.2) is 33.5 Å². The fraction of sp³-hybridized carbons (Fsp3) is 0.294. The Morgan fingerprint density at radius 1 is 1.35 bits per heavy atom. The average Bonchev–Trinajstić information content (AvgIpc) is 2.86. The number of rotatable bonds is 1. The molecule has 1 aliphatic rings. The van der Waals surface area contributed by atoms with Gasteiger partial charge in [-0.3, -0.25) is 9.36 Å². The van der Waals surface area contributed by atoms with E-state index in [0.29, 0.717) is 10.7 Å². The Morgan fingerprint density at radius 2 is 2.09 bits per heavy atom. The summed E-state index contributed by atoms with van der Waals surface area (Å²) in [5.41, 5.74) is 2.02. The Labute approximate surface area is 151 Å². The molecule has 23 heavy (non-hydrogen) atoms. The fourth-order valence-electron chi connectivity index (χ4n) is 3.25. The molecule has 1 aliphatic carbocycles. The molecule has 0 radical (unpaired) electrons. The first-order valence-corrected chi connectivity index (χ1v) is 9.62. The number of fused-ring (bicyclic) bond motifs is 3. The van der Waals surface area contributed by atoms with Crippen LogP contribution in [-0.4, -0.2) is 9.55 Å². The van der Waals surface area contributed by atoms with Gasteiger partial charge in [0.2, 0.25) is 0 Å². The lowest BCUT2D eigenvalue weighted by Crippen LogP contribution is -2.21. The first kappa shape index (κ1) is 15.3. The molecule has 2 aromatic heterocycles. The van der Waals surface area contributed by atoms with E-state index in [9.17, 15) is 4.79 Å². The molecule has 0 saturated heterocycles. The number of aryl methyl sites for hydroxylation is 1. The molecule has 0 unspecified atom stereocenters. The number of nitrogens with one attached hydrogen (secondary N) is 1. The van der Waals surface area contributed by atoms with Crippen molar-refractivity contribution in [2.75, 3.05) is 0 Å². The second-order valence-electron chi connectivity index (χ2n) is 6.10. The minimum atomic E-state index is -0.00174. The zero-order valence-corrected chi connectivity index (χ0v) is 15.8. The highest BCUT2D eigenvalue weighted by atomic mass is 79.9. The van der Waals surface area contributed by atoms with Crippen LogP contribution in [0.1, 0.15) is 23.8 Å². The number of aromatic amines is 1. The van der Waals surface area contributed by atoms with Crippen LogP contribution in [0.4, 0.5) is 0 Å². The summed E-state index contributed by atoms with van der Waals surface area (Å²) in [5, 5.41) is 0.827. The lowest BCUT2D eigenvalue weighted by Gasteiger charge is -2.17. The lowest BCUT2D eigenvalue weighted by molar-refractivity contribution is 0.509. The highest BCUT2D eigenvalue weighted by molar-refractivity contribution is 9.10. The minimum absolute atomic E-state index is 0.00174. The SMILES string of the molecule is C[C@H]1CCc2c(sc3[nH]c(=S)n(-c4ccc(Br)cc4)c(=O)c23)C1. The summed E-state index contributed by atoms with van der Waals surface area (Å²) >= 11 is 10.6. The molecule has 0 bridgehead atoms. The molecule has 118 valence electrons. The number of thiophene rings is 1. The predicted octanol–water partition coefficient (Wildman–Crippen LogP) is 5.00. The summed E-state index contributed by atoms with van der Waals surface area (Å²) in [6, 6.07) is 7.65. The van der Waals surface area contributed by atoms with Gasteiger partial charge in [0.15, 0.2) is 4.77 Å². The topological polar surface area (TPSA) is 37.8 Å². The second kappa shape index (κ2) is 5.69. The summed E-state index contributed by atoms with van der Waals surface area (Å²) in [5.74, 6) is 0.687. The van der Waals surface area contributed by atoms with Gasteiger partial charge in [0.1, 0.15) is 4.83 Å². The van der Waals surface area contributed by atoms with E-state index in [4.69, 9.17) is 12.2 Å². The molecule has 6 heteroatoms. The molecular formula is C17H15BrN2OS2. The maximum atomic E-state index is 13.1. The van der Waals surface area contributed by atoms with Crippen LogP contribution >= 0.6 is 39.5 Å². The van der Waals surface area contributed by atoms with Gasteiger partial charge in [-0.05, 0) is 67.2 Å². The number of H-pyrrole nitrogens is 1. The third kappa shape index (κ3) is 2.53. The van der Waals surface area contributed by atoms with Crippen LogP contribution < -0.4 is 5.56 Å². The van der Waals surface area contributed by atoms with Gasteiger partial charge in [-0.1, -0.05) is 22.9 Å². The summed E-state index contributed by atoms with van der Waals surface area (Å²) < 4.78 is 3.04. The third-order valence-electron chi connectivity index (χ3n) is 4.44. The highest BCUT2D eigenvalue weighted by Crippen LogP contribution is 2.35. The summed E-state index contributed by atoms with van der Waals surface area (Å²) in [6.45, 7) is 2.27. The Morgan fingerprint density at radius 3 is 2.83 bits per heavy atom. The van der Waals surface area contributed by atoms with Crippen molar-refractivity contribution in [2.45, 2.75) is 26.2 Å². The normalized spacial score (nSPS) is 17.4. The summed E-state index contributed by atoms with van der Waals surface area (Å²) in [6.07, 6.45) is 3.19. The molecular weight excluding hydrogens is 392 g/mol. The van der Waals surface area contributed by atoms with Crippen LogP contribution in [0.5, 0.6) is 0 Å². The van der Waals surface area contributed by atoms with E-state index in [1.165, 1.54) is 10.4 Å². The van der Waals surface area contributed by atoms with E-state index in [1.54, 1.807) is 15.9 Å². The van der Waals surface area contributed by atoms with Gasteiger partial charge >= 0.3 is 0 Å². The summed E-state index contributed by atoms with van der Waals surface area (Å²) in [4.78, 5) is 18.7. The van der Waals surface area contributed by atoms with Crippen molar-refractivity contribution in [3.63, 3.8) is 0 Å². The Kier molecular flexibility index (Phi) is 3.78. The second-order valence-corrected chi connectivity index (χ2v) is 8.51. The quantitative estimate of drug-likeness (QED) is 0.577. The molecule has 0 amide bonds. The number of hydrogen-bond donors (Lipinski definition) is 1. The molecule has 0 fully saturated rings. The molecule has 0 saturated carbocycles. The first-order chi connectivity index (χ1) is 11.0. The minimum Gasteiger partial charge on any atom is -0.323 e. The van der Waals surface area contributed by atoms with Crippen LogP contribution in [0.2, 0.25) is 0 Å². The van der Waals surface area contributed by atoms with Crippen molar-refractivity contribution in [2.24, 2.45) is 5.92 Å². The van der Waals surface area contributed by atoms with E-state index in [1.807, 2.05) is 24.3 Å². The Hall–Kier alpha value is -1.24. The third-order valence-corrected chi connectivity index (χ3v) is 6.42. The van der Waals surface area contributed by atoms with E-state index < -0.39 is 0 Å². The molecule has 2 heterocycles. The van der Waals surface area contributed by atoms with Gasteiger partial charge in [0, 0.05) is 9.35 Å². The molecule has 1 atom stereocenters. The van der Waals surface area contributed by atoms with Crippen molar-refractivity contribution in [1.29, 1.82) is 0 Å². The maximum Gasteiger partial charge on any atom is 0.267 e. The molecule has 0 spiro atoms. The van der Waals surface area contributed by atoms with Gasteiger partial charge < -0.3 is 4.98 Å². The molecule has 4 rings (SSSR count). The molecule has 1 aromatic carbocycles. The largest absolute Gasteiger partial charge is 0.323 e. The Bertz CT molecular complexity index is 1010. The van der Waals surface area contributed by atoms with Gasteiger partial charge in [-0.25, -0.2) is 0 Å². The molecule has 0 aliphatic heterocycles. The van der Waals surface area contributed by atoms with Crippen LogP contribution in [0.25, 0.3) is 15.9 Å². The van der Waals surface area contributed by atoms with E-state index in [0.717, 1.165) is 39.6 Å². The Balaban J connectivity index is 2.02. The van der Waals surface area contributed by atoms with Crippen molar-refractivity contribution in [3.8, 4) is 5.69 Å². The zero-order valence-electron chi connectivity index (χ0n) is 12.6. The zero-order chi connectivity index (χ0) is 16.1. The number of nitrogens with zero attached hydrogens (tertiary/aromatic N) is 1. The van der Waals surface area contributed by atoms with Crippen molar-refractivity contribution in [1.82, 2.24) is 9.55 Å². The van der Waals surface area contributed by atoms with Crippen molar-refractivity contribution in [3.05, 3.63) is 54.3 Å².